The lowest BCUT2D eigenvalue weighted by molar-refractivity contribution is -0.106. The van der Waals surface area contributed by atoms with Gasteiger partial charge in [-0.15, -0.1) is 0 Å². The van der Waals surface area contributed by atoms with Gasteiger partial charge in [0, 0.05) is 29.9 Å². The van der Waals surface area contributed by atoms with Crippen molar-refractivity contribution in [1.29, 1.82) is 0 Å². The Morgan fingerprint density at radius 1 is 0.932 bits per heavy atom. The molecule has 0 spiro atoms. The maximum atomic E-state index is 14.3. The zero-order valence-electron chi connectivity index (χ0n) is 24.9. The zero-order chi connectivity index (χ0) is 32.6. The number of allylic oxidation sites excluding steroid dienone is 1. The average Bonchev–Trinajstić information content (AvgIpc) is 2.97. The van der Waals surface area contributed by atoms with Crippen LogP contribution in [-0.4, -0.2) is 76.8 Å². The van der Waals surface area contributed by atoms with E-state index in [1.54, 1.807) is 36.5 Å². The predicted molar refractivity (Wildman–Crippen MR) is 168 cm³/mol. The number of aliphatic hydroxyl groups is 1. The van der Waals surface area contributed by atoms with Crippen LogP contribution in [0.2, 0.25) is 0 Å². The largest absolute Gasteiger partial charge is 0.451 e. The summed E-state index contributed by atoms with van der Waals surface area (Å²) < 4.78 is 53.6. The van der Waals surface area contributed by atoms with Crippen LogP contribution < -0.4 is 32.0 Å². The fraction of sp³-hybridized carbons (Fsp3) is 0.379. The molecule has 0 aliphatic heterocycles. The van der Waals surface area contributed by atoms with Crippen molar-refractivity contribution in [3.63, 3.8) is 0 Å². The summed E-state index contributed by atoms with van der Waals surface area (Å²) in [4.78, 5) is 13.1. The van der Waals surface area contributed by atoms with Gasteiger partial charge < -0.3 is 46.6 Å². The number of aliphatic imine (C=N–C) groups is 1. The molecule has 0 atom stereocenters. The first kappa shape index (κ1) is 38.3. The summed E-state index contributed by atoms with van der Waals surface area (Å²) in [5, 5.41) is 11.7. The van der Waals surface area contributed by atoms with Crippen LogP contribution in [0, 0.1) is 11.6 Å². The Labute approximate surface area is 260 Å². The molecule has 0 bridgehead atoms. The summed E-state index contributed by atoms with van der Waals surface area (Å²) in [5.74, 6) is -1.79. The Balaban J connectivity index is 0.00000146. The molecule has 0 heterocycles. The van der Waals surface area contributed by atoms with E-state index in [1.807, 2.05) is 13.8 Å². The molecule has 9 N–H and O–H groups in total. The molecule has 44 heavy (non-hydrogen) atoms. The second-order valence-corrected chi connectivity index (χ2v) is 9.90. The molecule has 2 aromatic carbocycles. The van der Waals surface area contributed by atoms with Crippen LogP contribution in [-0.2, 0) is 19.0 Å². The fourth-order valence-corrected chi connectivity index (χ4v) is 3.64. The quantitative estimate of drug-likeness (QED) is 0.0409. The van der Waals surface area contributed by atoms with Gasteiger partial charge in [0.2, 0.25) is 6.41 Å². The van der Waals surface area contributed by atoms with Gasteiger partial charge in [0.1, 0.15) is 5.75 Å². The topological polar surface area (TPSA) is 189 Å². The maximum Gasteiger partial charge on any atom is 0.236 e. The van der Waals surface area contributed by atoms with Gasteiger partial charge in [-0.25, -0.2) is 8.78 Å². The number of nitrogens with one attached hydrogen (secondary N) is 2. The number of rotatable bonds is 20. The van der Waals surface area contributed by atoms with Gasteiger partial charge in [-0.05, 0) is 67.8 Å². The van der Waals surface area contributed by atoms with Crippen LogP contribution >= 0.6 is 11.9 Å². The van der Waals surface area contributed by atoms with Crippen molar-refractivity contribution in [2.45, 2.75) is 18.7 Å². The molecule has 0 aliphatic rings. The van der Waals surface area contributed by atoms with E-state index >= 15 is 0 Å². The van der Waals surface area contributed by atoms with Crippen LogP contribution in [0.25, 0.3) is 6.08 Å². The minimum atomic E-state index is -0.751. The molecular weight excluding hydrogens is 598 g/mol. The number of aliphatic hydroxyl groups excluding tert-OH is 1. The molecule has 2 rings (SSSR count). The second-order valence-electron chi connectivity index (χ2n) is 8.93. The molecule has 244 valence electrons. The van der Waals surface area contributed by atoms with Crippen molar-refractivity contribution in [1.82, 2.24) is 10.0 Å². The van der Waals surface area contributed by atoms with Gasteiger partial charge in [-0.2, -0.15) is 4.99 Å². The first-order valence-electron chi connectivity index (χ1n) is 13.5. The summed E-state index contributed by atoms with van der Waals surface area (Å²) in [5.41, 5.74) is 16.6. The molecule has 12 nitrogen and oxygen atoms in total. The highest BCUT2D eigenvalue weighted by Crippen LogP contribution is 2.30. The number of hydrogen-bond donors (Lipinski definition) is 6. The monoisotopic (exact) mass is 640 g/mol. The van der Waals surface area contributed by atoms with Crippen LogP contribution in [0.4, 0.5) is 8.78 Å². The molecule has 0 saturated heterocycles. The number of ether oxygens (including phenoxy) is 4. The van der Waals surface area contributed by atoms with Gasteiger partial charge in [-0.1, -0.05) is 11.6 Å². The summed E-state index contributed by atoms with van der Waals surface area (Å²) in [6.07, 6.45) is 3.54. The van der Waals surface area contributed by atoms with E-state index in [0.29, 0.717) is 69.7 Å². The summed E-state index contributed by atoms with van der Waals surface area (Å²) in [6.45, 7) is 7.71. The molecule has 1 amide bonds. The second kappa shape index (κ2) is 23.7. The molecule has 0 fully saturated rings. The lowest BCUT2D eigenvalue weighted by Gasteiger charge is -2.10. The van der Waals surface area contributed by atoms with Crippen LogP contribution in [0.5, 0.6) is 11.5 Å². The van der Waals surface area contributed by atoms with E-state index in [-0.39, 0.29) is 19.0 Å². The standard InChI is InChI=1S/C27H37F2N3O5S.C2H5N3O/c1-20(2)15-21-16-25(28)27(26(29)17-21)37-23-3-5-24(6-4-23)38-32-8-10-35-12-14-36-13-11-34-9-7-31-18-22(30)19-33;3-2(4)5-1-6/h3-6,15-18,31-33H,7-14,19,30H2,1-2H3;1H,(H4,3,4,5,6)/b22-18-;. The first-order chi connectivity index (χ1) is 21.2. The van der Waals surface area contributed by atoms with Crippen molar-refractivity contribution in [3.05, 3.63) is 71.1 Å². The van der Waals surface area contributed by atoms with E-state index in [1.165, 1.54) is 24.1 Å². The van der Waals surface area contributed by atoms with Gasteiger partial charge in [0.25, 0.3) is 0 Å². The Morgan fingerprint density at radius 3 is 2.00 bits per heavy atom. The summed E-state index contributed by atoms with van der Waals surface area (Å²) in [6, 6.07) is 9.42. The molecule has 0 radical (unpaired) electrons. The number of carbonyl (C=O) groups is 1. The van der Waals surface area contributed by atoms with Crippen molar-refractivity contribution in [2.75, 3.05) is 59.3 Å². The smallest absolute Gasteiger partial charge is 0.236 e. The number of guanidine groups is 1. The normalized spacial score (nSPS) is 10.8. The van der Waals surface area contributed by atoms with Crippen LogP contribution in [0.3, 0.4) is 0 Å². The number of nitrogens with zero attached hydrogens (tertiary/aromatic N) is 1. The van der Waals surface area contributed by atoms with Gasteiger partial charge in [0.15, 0.2) is 23.3 Å². The average molecular weight is 641 g/mol. The van der Waals surface area contributed by atoms with Gasteiger partial charge in [0.05, 0.1) is 46.2 Å². The summed E-state index contributed by atoms with van der Waals surface area (Å²) >= 11 is 1.42. The van der Waals surface area contributed by atoms with Gasteiger partial charge in [-0.3, -0.25) is 9.52 Å². The van der Waals surface area contributed by atoms with Crippen molar-refractivity contribution >= 4 is 30.4 Å². The number of benzene rings is 2. The zero-order valence-corrected chi connectivity index (χ0v) is 25.7. The highest BCUT2D eigenvalue weighted by molar-refractivity contribution is 7.97. The molecule has 2 aromatic rings. The van der Waals surface area contributed by atoms with Crippen LogP contribution in [0.1, 0.15) is 19.4 Å². The minimum absolute atomic E-state index is 0.176. The lowest BCUT2D eigenvalue weighted by atomic mass is 10.1. The predicted octanol–water partition coefficient (Wildman–Crippen LogP) is 2.63. The third kappa shape index (κ3) is 18.7. The van der Waals surface area contributed by atoms with Crippen LogP contribution in [0.15, 0.2) is 63.8 Å². The minimum Gasteiger partial charge on any atom is -0.451 e. The van der Waals surface area contributed by atoms with Gasteiger partial charge >= 0.3 is 0 Å². The highest BCUT2D eigenvalue weighted by atomic mass is 32.2. The Bertz CT molecular complexity index is 1170. The molecule has 0 aliphatic carbocycles. The van der Waals surface area contributed by atoms with E-state index < -0.39 is 17.4 Å². The third-order valence-corrected chi connectivity index (χ3v) is 5.72. The van der Waals surface area contributed by atoms with E-state index in [4.69, 9.17) is 41.3 Å². The maximum absolute atomic E-state index is 14.3. The number of nitrogens with two attached hydrogens (primary N) is 3. The van der Waals surface area contributed by atoms with Crippen molar-refractivity contribution in [2.24, 2.45) is 22.2 Å². The highest BCUT2D eigenvalue weighted by Gasteiger charge is 2.13. The first-order valence-corrected chi connectivity index (χ1v) is 14.3. The molecule has 0 saturated carbocycles. The lowest BCUT2D eigenvalue weighted by Crippen LogP contribution is -2.22. The Kier molecular flexibility index (Phi) is 20.6. The molecule has 15 heteroatoms. The summed E-state index contributed by atoms with van der Waals surface area (Å²) in [7, 11) is 0. The van der Waals surface area contributed by atoms with Crippen molar-refractivity contribution in [3.8, 4) is 11.5 Å². The third-order valence-electron chi connectivity index (χ3n) is 4.86. The molecule has 0 aromatic heterocycles. The van der Waals surface area contributed by atoms with E-state index in [9.17, 15) is 13.6 Å². The number of amides is 1. The number of halogens is 2. The van der Waals surface area contributed by atoms with Crippen molar-refractivity contribution < 1.29 is 37.6 Å². The Hall–Kier alpha value is -3.73. The van der Waals surface area contributed by atoms with E-state index in [0.717, 1.165) is 10.5 Å². The SMILES string of the molecule is CC(C)=Cc1cc(F)c(Oc2ccc(SNCCOCCOCCOCCN/C=C(\N)CO)cc2)c(F)c1.NC(N)=NC=O. The van der Waals surface area contributed by atoms with E-state index in [2.05, 4.69) is 15.0 Å². The number of carbonyl (C=O) groups excluding carboxylic acids is 1. The molecular formula is C29H42F2N6O6S. The molecule has 0 unspecified atom stereocenters. The number of hydrogen-bond acceptors (Lipinski definition) is 10. The fourth-order valence-electron chi connectivity index (χ4n) is 3.02. The Morgan fingerprint density at radius 2 is 1.50 bits per heavy atom.